The van der Waals surface area contributed by atoms with Gasteiger partial charge < -0.3 is 4.74 Å². The van der Waals surface area contributed by atoms with Crippen molar-refractivity contribution in [2.45, 2.75) is 156 Å². The average Bonchev–Trinajstić information content (AvgIpc) is 3.44. The zero-order valence-electron chi connectivity index (χ0n) is 35.6. The summed E-state index contributed by atoms with van der Waals surface area (Å²) < 4.78 is 6.33. The van der Waals surface area contributed by atoms with Gasteiger partial charge in [0.25, 0.3) is 0 Å². The number of hydroxylamine groups is 4. The molecule has 0 unspecified atom stereocenters. The predicted molar refractivity (Wildman–Crippen MR) is 230 cm³/mol. The van der Waals surface area contributed by atoms with Crippen LogP contribution in [-0.2, 0) is 0 Å². The Hall–Kier alpha value is -4.56. The van der Waals surface area contributed by atoms with E-state index in [1.54, 1.807) is 0 Å². The third kappa shape index (κ3) is 9.51. The Labute approximate surface area is 337 Å². The second kappa shape index (κ2) is 17.7. The zero-order valence-corrected chi connectivity index (χ0v) is 35.6. The fourth-order valence-electron chi connectivity index (χ4n) is 6.81. The maximum Gasteiger partial charge on any atom is 0.156 e. The second-order valence-corrected chi connectivity index (χ2v) is 17.6. The van der Waals surface area contributed by atoms with Crippen LogP contribution >= 0.6 is 0 Å². The number of ether oxygens (including phenoxy) is 1. The summed E-state index contributed by atoms with van der Waals surface area (Å²) in [4.78, 5) is 9.65. The lowest BCUT2D eigenvalue weighted by atomic mass is 9.84. The van der Waals surface area contributed by atoms with Gasteiger partial charge in [0.2, 0.25) is 0 Å². The van der Waals surface area contributed by atoms with Crippen molar-refractivity contribution < 1.29 is 15.2 Å². The van der Waals surface area contributed by atoms with Crippen molar-refractivity contribution >= 4 is 11.7 Å². The van der Waals surface area contributed by atoms with E-state index in [0.717, 1.165) is 57.5 Å². The van der Waals surface area contributed by atoms with Gasteiger partial charge in [-0.1, -0.05) is 88.4 Å². The summed E-state index contributed by atoms with van der Waals surface area (Å²) in [6.45, 7) is 21.1. The molecular weight excluding hydrogens is 693 g/mol. The Balaban J connectivity index is 1.33. The van der Waals surface area contributed by atoms with E-state index in [-0.39, 0.29) is 0 Å². The molecule has 5 rings (SSSR count). The molecule has 2 aliphatic rings. The van der Waals surface area contributed by atoms with Gasteiger partial charge in [-0.15, -0.1) is 0 Å². The van der Waals surface area contributed by atoms with Crippen LogP contribution in [0.25, 0.3) is 0 Å². The molecule has 0 atom stereocenters. The van der Waals surface area contributed by atoms with Crippen LogP contribution in [0.5, 0.6) is 5.75 Å². The number of amidine groups is 2. The molecule has 298 valence electrons. The monoisotopic (exact) mass is 756 g/mol. The Morgan fingerprint density at radius 3 is 1.29 bits per heavy atom. The summed E-state index contributed by atoms with van der Waals surface area (Å²) in [5, 5.41) is 24.4. The highest BCUT2D eigenvalue weighted by Crippen LogP contribution is 2.39. The smallest absolute Gasteiger partial charge is 0.156 e. The van der Waals surface area contributed by atoms with Crippen LogP contribution in [0.2, 0.25) is 0 Å². The summed E-state index contributed by atoms with van der Waals surface area (Å²) in [5.74, 6) is 15.4. The van der Waals surface area contributed by atoms with Gasteiger partial charge in [0.05, 0.1) is 28.8 Å². The van der Waals surface area contributed by atoms with E-state index in [9.17, 15) is 10.4 Å². The molecule has 0 spiro atoms. The maximum atomic E-state index is 10.9. The van der Waals surface area contributed by atoms with Gasteiger partial charge in [0.15, 0.2) is 11.7 Å². The van der Waals surface area contributed by atoms with Crippen LogP contribution < -0.4 is 4.74 Å². The predicted octanol–water partition coefficient (Wildman–Crippen LogP) is 11.1. The minimum absolute atomic E-state index is 0.431. The van der Waals surface area contributed by atoms with Crippen molar-refractivity contribution in [1.82, 2.24) is 10.1 Å². The van der Waals surface area contributed by atoms with Crippen LogP contribution in [0.15, 0.2) is 70.6 Å². The summed E-state index contributed by atoms with van der Waals surface area (Å²) >= 11 is 0. The molecule has 2 heterocycles. The lowest BCUT2D eigenvalue weighted by Crippen LogP contribution is -2.51. The first-order valence-corrected chi connectivity index (χ1v) is 20.7. The van der Waals surface area contributed by atoms with E-state index in [2.05, 4.69) is 37.5 Å². The molecule has 0 saturated heterocycles. The van der Waals surface area contributed by atoms with Gasteiger partial charge in [-0.3, -0.25) is 20.4 Å². The molecular formula is C49H64N4O3. The van der Waals surface area contributed by atoms with Crippen molar-refractivity contribution in [3.63, 3.8) is 0 Å². The van der Waals surface area contributed by atoms with E-state index in [1.807, 2.05) is 116 Å². The fraction of sp³-hybridized carbons (Fsp3) is 0.510. The first-order valence-electron chi connectivity index (χ1n) is 20.7. The van der Waals surface area contributed by atoms with Gasteiger partial charge in [0.1, 0.15) is 5.75 Å². The number of benzene rings is 3. The molecule has 0 saturated carbocycles. The number of rotatable bonds is 14. The minimum atomic E-state index is -0.523. The van der Waals surface area contributed by atoms with Crippen molar-refractivity contribution in [1.29, 1.82) is 0 Å². The fourth-order valence-corrected chi connectivity index (χ4v) is 6.81. The molecule has 0 bridgehead atoms. The Kier molecular flexibility index (Phi) is 13.5. The number of unbranched alkanes of at least 4 members (excludes halogenated alkanes) is 9. The molecule has 0 aromatic heterocycles. The molecule has 0 amide bonds. The normalized spacial score (nSPS) is 17.4. The van der Waals surface area contributed by atoms with Crippen molar-refractivity contribution in [2.75, 3.05) is 6.61 Å². The minimum Gasteiger partial charge on any atom is -0.494 e. The zero-order chi connectivity index (χ0) is 40.7. The lowest BCUT2D eigenvalue weighted by Gasteiger charge is -2.36. The SMILES string of the molecule is CCCCCCCCCCCCOc1cc(C#Cc2ccc(C3=NC(C)(C)C(C)(C)N3O)cc2)c(C)c(C#Cc2ccc(C3=NC(C)(C)C(C)(C)N3O)cc2)c1. The molecule has 0 aliphatic carbocycles. The van der Waals surface area contributed by atoms with Crippen molar-refractivity contribution in [3.05, 3.63) is 99.6 Å². The third-order valence-electron chi connectivity index (χ3n) is 12.3. The first kappa shape index (κ1) is 42.6. The summed E-state index contributed by atoms with van der Waals surface area (Å²) in [7, 11) is 0. The van der Waals surface area contributed by atoms with Crippen molar-refractivity contribution in [3.8, 4) is 29.4 Å². The molecule has 56 heavy (non-hydrogen) atoms. The molecule has 0 fully saturated rings. The standard InChI is InChI=1S/C49H64N4O3/c1-11-12-13-14-15-16-17-18-19-20-33-56-43-34-41(31-25-37-21-27-39(28-22-37)44-50-46(3,4)48(7,8)52(44)54)36(2)42(35-43)32-26-38-23-29-40(30-24-38)45-51-47(5,6)49(9,10)53(45)55/h21-24,27-30,34-35,54-55H,11-20,33H2,1-10H3. The van der Waals surface area contributed by atoms with Crippen LogP contribution in [0, 0.1) is 30.6 Å². The number of nitrogens with zero attached hydrogens (tertiary/aromatic N) is 4. The quantitative estimate of drug-likeness (QED) is 0.126. The second-order valence-electron chi connectivity index (χ2n) is 17.6. The van der Waals surface area contributed by atoms with Crippen LogP contribution in [0.3, 0.4) is 0 Å². The molecule has 2 N–H and O–H groups in total. The third-order valence-corrected chi connectivity index (χ3v) is 12.3. The van der Waals surface area contributed by atoms with Gasteiger partial charge in [-0.2, -0.15) is 0 Å². The van der Waals surface area contributed by atoms with E-state index in [0.29, 0.717) is 18.3 Å². The number of hydrogen-bond acceptors (Lipinski definition) is 7. The highest BCUT2D eigenvalue weighted by atomic mass is 16.5. The Morgan fingerprint density at radius 2 is 0.929 bits per heavy atom. The van der Waals surface area contributed by atoms with E-state index >= 15 is 0 Å². The lowest BCUT2D eigenvalue weighted by molar-refractivity contribution is -0.0992. The first-order chi connectivity index (χ1) is 26.5. The van der Waals surface area contributed by atoms with Gasteiger partial charge >= 0.3 is 0 Å². The topological polar surface area (TPSA) is 80.9 Å². The maximum absolute atomic E-state index is 10.9. The Bertz CT molecular complexity index is 1880. The number of aliphatic imine (C=N–C) groups is 2. The van der Waals surface area contributed by atoms with Gasteiger partial charge in [-0.05, 0) is 135 Å². The van der Waals surface area contributed by atoms with Crippen LogP contribution in [0.4, 0.5) is 0 Å². The summed E-state index contributed by atoms with van der Waals surface area (Å²) in [5.41, 5.74) is 4.23. The van der Waals surface area contributed by atoms with Crippen molar-refractivity contribution in [2.24, 2.45) is 9.98 Å². The van der Waals surface area contributed by atoms with Crippen LogP contribution in [-0.4, -0.2) is 61.0 Å². The molecule has 0 radical (unpaired) electrons. The van der Waals surface area contributed by atoms with Gasteiger partial charge in [-0.25, -0.2) is 10.1 Å². The van der Waals surface area contributed by atoms with Gasteiger partial charge in [0, 0.05) is 33.4 Å². The Morgan fingerprint density at radius 1 is 0.554 bits per heavy atom. The largest absolute Gasteiger partial charge is 0.494 e. The molecule has 7 heteroatoms. The van der Waals surface area contributed by atoms with E-state index < -0.39 is 22.2 Å². The molecule has 3 aromatic rings. The summed E-state index contributed by atoms with van der Waals surface area (Å²) in [6, 6.07) is 19.8. The molecule has 2 aliphatic heterocycles. The number of hydrogen-bond donors (Lipinski definition) is 2. The van der Waals surface area contributed by atoms with E-state index in [4.69, 9.17) is 14.7 Å². The highest BCUT2D eigenvalue weighted by Gasteiger charge is 2.50. The van der Waals surface area contributed by atoms with E-state index in [1.165, 1.54) is 61.5 Å². The van der Waals surface area contributed by atoms with Crippen LogP contribution in [0.1, 0.15) is 165 Å². The average molecular weight is 757 g/mol. The molecule has 3 aromatic carbocycles. The summed E-state index contributed by atoms with van der Waals surface area (Å²) in [6.07, 6.45) is 12.8. The highest BCUT2D eigenvalue weighted by molar-refractivity contribution is 6.01. The molecule has 7 nitrogen and oxygen atoms in total.